The minimum Gasteiger partial charge on any atom is -0.396 e. The molecule has 3 N–H and O–H groups in total. The number of halogens is 1. The fraction of sp³-hybridized carbons (Fsp3) is 0.296. The fourth-order valence-corrected chi connectivity index (χ4v) is 5.13. The van der Waals surface area contributed by atoms with Crippen molar-refractivity contribution in [2.24, 2.45) is 11.0 Å². The average molecular weight is 509 g/mol. The number of hydrogen-bond acceptors (Lipinski definition) is 6. The number of rotatable bonds is 8. The molecule has 0 unspecified atom stereocenters. The first-order valence-corrected chi connectivity index (χ1v) is 12.7. The van der Waals surface area contributed by atoms with Gasteiger partial charge in [0.2, 0.25) is 0 Å². The van der Waals surface area contributed by atoms with Gasteiger partial charge >= 0.3 is 0 Å². The molecule has 0 aliphatic carbocycles. The van der Waals surface area contributed by atoms with Crippen molar-refractivity contribution in [3.05, 3.63) is 87.5 Å². The lowest BCUT2D eigenvalue weighted by atomic mass is 9.97. The molecule has 7 nitrogen and oxygen atoms in total. The third kappa shape index (κ3) is 6.63. The summed E-state index contributed by atoms with van der Waals surface area (Å²) in [6, 6.07) is 13.4. The Kier molecular flexibility index (Phi) is 8.58. The molecule has 1 fully saturated rings. The number of aryl methyl sites for hydroxylation is 1. The summed E-state index contributed by atoms with van der Waals surface area (Å²) in [4.78, 5) is 28.1. The van der Waals surface area contributed by atoms with E-state index in [0.29, 0.717) is 33.2 Å². The number of amides is 2. The summed E-state index contributed by atoms with van der Waals surface area (Å²) < 4.78 is 13.3. The number of nitrogens with zero attached hydrogens (tertiary/aromatic N) is 2. The Bertz CT molecular complexity index is 1250. The van der Waals surface area contributed by atoms with Crippen LogP contribution in [0.5, 0.6) is 0 Å². The maximum absolute atomic E-state index is 13.3. The van der Waals surface area contributed by atoms with Crippen molar-refractivity contribution in [3.63, 3.8) is 0 Å². The number of hydrazone groups is 1. The van der Waals surface area contributed by atoms with Gasteiger partial charge in [0.1, 0.15) is 10.8 Å². The first kappa shape index (κ1) is 25.7. The molecule has 1 saturated heterocycles. The summed E-state index contributed by atoms with van der Waals surface area (Å²) in [5, 5.41) is 18.4. The van der Waals surface area contributed by atoms with Gasteiger partial charge in [0.15, 0.2) is 0 Å². The monoisotopic (exact) mass is 508 g/mol. The summed E-state index contributed by atoms with van der Waals surface area (Å²) in [6.07, 6.45) is 3.32. The van der Waals surface area contributed by atoms with Gasteiger partial charge in [-0.1, -0.05) is 24.3 Å². The summed E-state index contributed by atoms with van der Waals surface area (Å²) in [5.74, 6) is -0.767. The van der Waals surface area contributed by atoms with Crippen LogP contribution in [0.4, 0.5) is 9.39 Å². The molecule has 4 rings (SSSR count). The van der Waals surface area contributed by atoms with Crippen LogP contribution in [0, 0.1) is 18.7 Å². The lowest BCUT2D eigenvalue weighted by Gasteiger charge is -2.31. The first-order valence-electron chi connectivity index (χ1n) is 11.8. The molecule has 1 aliphatic rings. The smallest absolute Gasteiger partial charge is 0.274 e. The molecule has 0 atom stereocenters. The second-order valence-electron chi connectivity index (χ2n) is 8.93. The standard InChI is InChI=1S/C27H29FN4O3S/c1-18-17-36-27(24(18)26(35)31-29-14-20-4-3-7-23(28)13-20)30-25(34)22-6-2-5-21(12-22)15-32-10-8-19(16-33)9-11-32/h2-7,12-14,17,19,33H,8-11,15-16H2,1H3,(H,30,34)(H,31,35)/b29-14+. The maximum Gasteiger partial charge on any atom is 0.274 e. The summed E-state index contributed by atoms with van der Waals surface area (Å²) in [7, 11) is 0. The predicted molar refractivity (Wildman–Crippen MR) is 140 cm³/mol. The number of piperidine rings is 1. The number of anilines is 1. The zero-order chi connectivity index (χ0) is 25.5. The van der Waals surface area contributed by atoms with Crippen LogP contribution in [-0.2, 0) is 6.54 Å². The molecular formula is C27H29FN4O3S. The molecule has 0 saturated carbocycles. The van der Waals surface area contributed by atoms with Crippen molar-refractivity contribution in [2.75, 3.05) is 25.0 Å². The molecule has 9 heteroatoms. The number of aliphatic hydroxyl groups is 1. The normalized spacial score (nSPS) is 14.8. The first-order chi connectivity index (χ1) is 17.4. The average Bonchev–Trinajstić information content (AvgIpc) is 3.24. The van der Waals surface area contributed by atoms with E-state index in [-0.39, 0.29) is 18.3 Å². The molecule has 3 aromatic rings. The van der Waals surface area contributed by atoms with E-state index in [4.69, 9.17) is 0 Å². The molecule has 0 radical (unpaired) electrons. The summed E-state index contributed by atoms with van der Waals surface area (Å²) in [6.45, 7) is 4.63. The number of likely N-dealkylation sites (tertiary alicyclic amines) is 1. The molecule has 0 spiro atoms. The van der Waals surface area contributed by atoms with Crippen LogP contribution in [0.15, 0.2) is 59.0 Å². The van der Waals surface area contributed by atoms with Gasteiger partial charge in [0.25, 0.3) is 11.8 Å². The number of carbonyl (C=O) groups is 2. The highest BCUT2D eigenvalue weighted by Crippen LogP contribution is 2.28. The third-order valence-electron chi connectivity index (χ3n) is 6.22. The van der Waals surface area contributed by atoms with Gasteiger partial charge in [-0.2, -0.15) is 5.10 Å². The van der Waals surface area contributed by atoms with E-state index < -0.39 is 5.91 Å². The van der Waals surface area contributed by atoms with Crippen molar-refractivity contribution in [1.82, 2.24) is 10.3 Å². The van der Waals surface area contributed by atoms with Crippen molar-refractivity contribution in [2.45, 2.75) is 26.3 Å². The van der Waals surface area contributed by atoms with Gasteiger partial charge < -0.3 is 10.4 Å². The van der Waals surface area contributed by atoms with Crippen LogP contribution in [0.3, 0.4) is 0 Å². The van der Waals surface area contributed by atoms with Gasteiger partial charge in [-0.3, -0.25) is 14.5 Å². The van der Waals surface area contributed by atoms with Gasteiger partial charge in [0, 0.05) is 18.7 Å². The number of thiophene rings is 1. The zero-order valence-electron chi connectivity index (χ0n) is 20.0. The lowest BCUT2D eigenvalue weighted by molar-refractivity contribution is 0.0956. The molecular weight excluding hydrogens is 479 g/mol. The molecule has 2 heterocycles. The lowest BCUT2D eigenvalue weighted by Crippen LogP contribution is -2.34. The molecule has 2 aromatic carbocycles. The Balaban J connectivity index is 1.39. The minimum atomic E-state index is -0.461. The van der Waals surface area contributed by atoms with Crippen LogP contribution in [0.2, 0.25) is 0 Å². The Morgan fingerprint density at radius 3 is 2.69 bits per heavy atom. The number of hydrogen-bond donors (Lipinski definition) is 3. The topological polar surface area (TPSA) is 94.0 Å². The van der Waals surface area contributed by atoms with Crippen molar-refractivity contribution in [1.29, 1.82) is 0 Å². The van der Waals surface area contributed by atoms with Gasteiger partial charge in [0.05, 0.1) is 11.8 Å². The van der Waals surface area contributed by atoms with E-state index in [1.807, 2.05) is 18.2 Å². The zero-order valence-corrected chi connectivity index (χ0v) is 20.9. The summed E-state index contributed by atoms with van der Waals surface area (Å²) >= 11 is 1.27. The summed E-state index contributed by atoms with van der Waals surface area (Å²) in [5.41, 5.74) is 5.58. The Morgan fingerprint density at radius 1 is 1.17 bits per heavy atom. The quantitative estimate of drug-likeness (QED) is 0.310. The van der Waals surface area contributed by atoms with Crippen LogP contribution in [0.1, 0.15) is 50.2 Å². The number of aliphatic hydroxyl groups excluding tert-OH is 1. The third-order valence-corrected chi connectivity index (χ3v) is 7.23. The fourth-order valence-electron chi connectivity index (χ4n) is 4.20. The molecule has 0 bridgehead atoms. The Hall–Kier alpha value is -3.40. The van der Waals surface area contributed by atoms with Crippen LogP contribution >= 0.6 is 11.3 Å². The van der Waals surface area contributed by atoms with Gasteiger partial charge in [-0.25, -0.2) is 9.82 Å². The van der Waals surface area contributed by atoms with Crippen LogP contribution in [-0.4, -0.2) is 47.7 Å². The van der Waals surface area contributed by atoms with E-state index >= 15 is 0 Å². The van der Waals surface area contributed by atoms with E-state index in [1.165, 1.54) is 29.7 Å². The molecule has 2 amide bonds. The molecule has 1 aliphatic heterocycles. The van der Waals surface area contributed by atoms with Crippen molar-refractivity contribution < 1.29 is 19.1 Å². The van der Waals surface area contributed by atoms with E-state index in [9.17, 15) is 19.1 Å². The van der Waals surface area contributed by atoms with Crippen LogP contribution in [0.25, 0.3) is 0 Å². The Labute approximate surface area is 213 Å². The Morgan fingerprint density at radius 2 is 1.94 bits per heavy atom. The van der Waals surface area contributed by atoms with E-state index in [0.717, 1.165) is 38.0 Å². The molecule has 1 aromatic heterocycles. The van der Waals surface area contributed by atoms with E-state index in [2.05, 4.69) is 20.7 Å². The second-order valence-corrected chi connectivity index (χ2v) is 9.81. The van der Waals surface area contributed by atoms with Gasteiger partial charge in [-0.15, -0.1) is 11.3 Å². The van der Waals surface area contributed by atoms with Crippen molar-refractivity contribution >= 4 is 34.4 Å². The highest BCUT2D eigenvalue weighted by molar-refractivity contribution is 7.15. The largest absolute Gasteiger partial charge is 0.396 e. The van der Waals surface area contributed by atoms with Crippen molar-refractivity contribution in [3.8, 4) is 0 Å². The second kappa shape index (κ2) is 12.0. The number of benzene rings is 2. The van der Waals surface area contributed by atoms with E-state index in [1.54, 1.807) is 30.5 Å². The SMILES string of the molecule is Cc1csc(NC(=O)c2cccc(CN3CCC(CO)CC3)c2)c1C(=O)N/N=C/c1cccc(F)c1. The number of carbonyl (C=O) groups excluding carboxylic acids is 2. The molecule has 36 heavy (non-hydrogen) atoms. The minimum absolute atomic E-state index is 0.241. The van der Waals surface area contributed by atoms with Crippen LogP contribution < -0.4 is 10.7 Å². The predicted octanol–water partition coefficient (Wildman–Crippen LogP) is 4.42. The number of nitrogens with one attached hydrogen (secondary N) is 2. The van der Waals surface area contributed by atoms with Gasteiger partial charge in [-0.05, 0) is 85.1 Å². The maximum atomic E-state index is 13.3. The molecule has 188 valence electrons. The highest BCUT2D eigenvalue weighted by atomic mass is 32.1. The highest BCUT2D eigenvalue weighted by Gasteiger charge is 2.21.